The van der Waals surface area contributed by atoms with Crippen molar-refractivity contribution in [2.75, 3.05) is 32.4 Å². The number of aromatic nitrogens is 4. The van der Waals surface area contributed by atoms with Crippen molar-refractivity contribution in [3.05, 3.63) is 60.2 Å². The van der Waals surface area contributed by atoms with Gasteiger partial charge in [0, 0.05) is 75.2 Å². The number of benzene rings is 1. The van der Waals surface area contributed by atoms with Crippen LogP contribution in [0.4, 0.5) is 0 Å². The Morgan fingerprint density at radius 1 is 1.21 bits per heavy atom. The van der Waals surface area contributed by atoms with Gasteiger partial charge in [0.1, 0.15) is 0 Å². The Labute approximate surface area is 175 Å². The molecule has 0 bridgehead atoms. The van der Waals surface area contributed by atoms with E-state index in [2.05, 4.69) is 21.2 Å². The highest BCUT2D eigenvalue weighted by atomic mass is 32.2. The third kappa shape index (κ3) is 4.54. The zero-order valence-electron chi connectivity index (χ0n) is 16.9. The van der Waals surface area contributed by atoms with E-state index in [1.807, 2.05) is 64.1 Å². The molecule has 0 aliphatic carbocycles. The molecular formula is C21H26N6OS. The molecule has 4 rings (SSSR count). The standard InChI is InChI=1S/C21H26N6OS/c1-24-15-17(14-23-24)16-25-8-4-9-26(12-11-25)20(28)18-5-3-6-19(13-18)27-10-7-22-21(27)29-2/h3,5-7,10,13-15H,4,8-9,11-12,16H2,1-2H3. The third-order valence-corrected chi connectivity index (χ3v) is 5.87. The van der Waals surface area contributed by atoms with Gasteiger partial charge >= 0.3 is 0 Å². The largest absolute Gasteiger partial charge is 0.337 e. The lowest BCUT2D eigenvalue weighted by Gasteiger charge is -2.22. The van der Waals surface area contributed by atoms with E-state index in [0.717, 1.165) is 55.6 Å². The summed E-state index contributed by atoms with van der Waals surface area (Å²) in [5, 5.41) is 5.16. The van der Waals surface area contributed by atoms with Crippen LogP contribution in [0.15, 0.2) is 54.2 Å². The molecule has 1 saturated heterocycles. The molecular weight excluding hydrogens is 384 g/mol. The maximum atomic E-state index is 13.2. The van der Waals surface area contributed by atoms with E-state index in [9.17, 15) is 4.79 Å². The molecule has 0 N–H and O–H groups in total. The van der Waals surface area contributed by atoms with Crippen molar-refractivity contribution in [3.63, 3.8) is 0 Å². The Balaban J connectivity index is 1.44. The molecule has 152 valence electrons. The van der Waals surface area contributed by atoms with Gasteiger partial charge < -0.3 is 4.90 Å². The van der Waals surface area contributed by atoms with Crippen molar-refractivity contribution in [1.82, 2.24) is 29.1 Å². The Kier molecular flexibility index (Phi) is 6.01. The molecule has 2 aromatic heterocycles. The fourth-order valence-corrected chi connectivity index (χ4v) is 4.28. The number of nitrogens with zero attached hydrogens (tertiary/aromatic N) is 6. The summed E-state index contributed by atoms with van der Waals surface area (Å²) >= 11 is 1.59. The number of hydrogen-bond donors (Lipinski definition) is 0. The second-order valence-corrected chi connectivity index (χ2v) is 8.05. The molecule has 8 heteroatoms. The predicted molar refractivity (Wildman–Crippen MR) is 114 cm³/mol. The highest BCUT2D eigenvalue weighted by Gasteiger charge is 2.21. The average molecular weight is 411 g/mol. The topological polar surface area (TPSA) is 59.2 Å². The van der Waals surface area contributed by atoms with Gasteiger partial charge in [0.2, 0.25) is 0 Å². The van der Waals surface area contributed by atoms with Crippen LogP contribution in [0, 0.1) is 0 Å². The summed E-state index contributed by atoms with van der Waals surface area (Å²) in [4.78, 5) is 21.9. The summed E-state index contributed by atoms with van der Waals surface area (Å²) < 4.78 is 3.85. The van der Waals surface area contributed by atoms with E-state index in [0.29, 0.717) is 0 Å². The van der Waals surface area contributed by atoms with Crippen LogP contribution >= 0.6 is 11.8 Å². The molecule has 1 aliphatic heterocycles. The average Bonchev–Trinajstić information content (AvgIpc) is 3.31. The molecule has 3 heterocycles. The van der Waals surface area contributed by atoms with Gasteiger partial charge in [-0.1, -0.05) is 17.8 Å². The first kappa shape index (κ1) is 19.7. The first-order valence-corrected chi connectivity index (χ1v) is 11.0. The van der Waals surface area contributed by atoms with Crippen molar-refractivity contribution in [2.24, 2.45) is 7.05 Å². The minimum absolute atomic E-state index is 0.0981. The number of rotatable bonds is 5. The van der Waals surface area contributed by atoms with Crippen LogP contribution in [-0.4, -0.2) is 67.5 Å². The lowest BCUT2D eigenvalue weighted by molar-refractivity contribution is 0.0761. The number of hydrogen-bond acceptors (Lipinski definition) is 5. The Hall–Kier alpha value is -2.58. The number of carbonyl (C=O) groups is 1. The number of aryl methyl sites for hydroxylation is 1. The summed E-state index contributed by atoms with van der Waals surface area (Å²) in [5.41, 5.74) is 2.90. The number of imidazole rings is 1. The van der Waals surface area contributed by atoms with E-state index in [1.165, 1.54) is 5.56 Å². The summed E-state index contributed by atoms with van der Waals surface area (Å²) in [6.45, 7) is 4.27. The molecule has 1 fully saturated rings. The maximum Gasteiger partial charge on any atom is 0.253 e. The van der Waals surface area contributed by atoms with Crippen LogP contribution in [0.1, 0.15) is 22.3 Å². The van der Waals surface area contributed by atoms with Gasteiger partial charge in [0.05, 0.1) is 6.20 Å². The van der Waals surface area contributed by atoms with E-state index in [-0.39, 0.29) is 5.91 Å². The highest BCUT2D eigenvalue weighted by Crippen LogP contribution is 2.20. The minimum Gasteiger partial charge on any atom is -0.337 e. The first-order valence-electron chi connectivity index (χ1n) is 9.81. The van der Waals surface area contributed by atoms with Gasteiger partial charge in [-0.05, 0) is 30.9 Å². The molecule has 0 saturated carbocycles. The smallest absolute Gasteiger partial charge is 0.253 e. The fraction of sp³-hybridized carbons (Fsp3) is 0.381. The Bertz CT molecular complexity index is 981. The Morgan fingerprint density at radius 3 is 2.90 bits per heavy atom. The second kappa shape index (κ2) is 8.84. The van der Waals surface area contributed by atoms with E-state index in [1.54, 1.807) is 18.0 Å². The van der Waals surface area contributed by atoms with Crippen molar-refractivity contribution < 1.29 is 4.79 Å². The van der Waals surface area contributed by atoms with Crippen molar-refractivity contribution in [1.29, 1.82) is 0 Å². The quantitative estimate of drug-likeness (QED) is 0.606. The van der Waals surface area contributed by atoms with E-state index in [4.69, 9.17) is 0 Å². The molecule has 0 radical (unpaired) electrons. The molecule has 7 nitrogen and oxygen atoms in total. The number of amides is 1. The molecule has 0 unspecified atom stereocenters. The van der Waals surface area contributed by atoms with Gasteiger partial charge in [-0.15, -0.1) is 0 Å². The maximum absolute atomic E-state index is 13.2. The molecule has 29 heavy (non-hydrogen) atoms. The van der Waals surface area contributed by atoms with E-state index >= 15 is 0 Å². The van der Waals surface area contributed by atoms with Gasteiger partial charge in [0.25, 0.3) is 5.91 Å². The minimum atomic E-state index is 0.0981. The molecule has 0 atom stereocenters. The van der Waals surface area contributed by atoms with Crippen LogP contribution in [-0.2, 0) is 13.6 Å². The molecule has 1 aliphatic rings. The lowest BCUT2D eigenvalue weighted by atomic mass is 10.1. The SMILES string of the molecule is CSc1nccn1-c1cccc(C(=O)N2CCCN(Cc3cnn(C)c3)CC2)c1. The van der Waals surface area contributed by atoms with Crippen LogP contribution in [0.3, 0.4) is 0 Å². The first-order chi connectivity index (χ1) is 14.1. The van der Waals surface area contributed by atoms with Gasteiger partial charge in [-0.25, -0.2) is 4.98 Å². The fourth-order valence-electron chi connectivity index (χ4n) is 3.75. The molecule has 3 aromatic rings. The summed E-state index contributed by atoms with van der Waals surface area (Å²) in [7, 11) is 1.94. The normalized spacial score (nSPS) is 15.4. The van der Waals surface area contributed by atoms with Crippen LogP contribution in [0.5, 0.6) is 0 Å². The highest BCUT2D eigenvalue weighted by molar-refractivity contribution is 7.98. The van der Waals surface area contributed by atoms with Gasteiger partial charge in [-0.3, -0.25) is 18.9 Å². The lowest BCUT2D eigenvalue weighted by Crippen LogP contribution is -2.35. The Morgan fingerprint density at radius 2 is 2.10 bits per heavy atom. The van der Waals surface area contributed by atoms with Crippen LogP contribution in [0.2, 0.25) is 0 Å². The number of carbonyl (C=O) groups excluding carboxylic acids is 1. The zero-order valence-corrected chi connectivity index (χ0v) is 17.7. The summed E-state index contributed by atoms with van der Waals surface area (Å²) in [5.74, 6) is 0.0981. The van der Waals surface area contributed by atoms with Crippen LogP contribution < -0.4 is 0 Å². The van der Waals surface area contributed by atoms with Crippen molar-refractivity contribution in [3.8, 4) is 5.69 Å². The van der Waals surface area contributed by atoms with Gasteiger partial charge in [-0.2, -0.15) is 5.10 Å². The van der Waals surface area contributed by atoms with Crippen molar-refractivity contribution >= 4 is 17.7 Å². The third-order valence-electron chi connectivity index (χ3n) is 5.20. The molecule has 0 spiro atoms. The monoisotopic (exact) mass is 410 g/mol. The molecule has 1 amide bonds. The zero-order chi connectivity index (χ0) is 20.2. The molecule has 1 aromatic carbocycles. The predicted octanol–water partition coefficient (Wildman–Crippen LogP) is 2.68. The van der Waals surface area contributed by atoms with Gasteiger partial charge in [0.15, 0.2) is 5.16 Å². The number of thioether (sulfide) groups is 1. The van der Waals surface area contributed by atoms with E-state index < -0.39 is 0 Å². The van der Waals surface area contributed by atoms with Crippen LogP contribution in [0.25, 0.3) is 5.69 Å². The summed E-state index contributed by atoms with van der Waals surface area (Å²) in [6.07, 6.45) is 10.7. The van der Waals surface area contributed by atoms with Crippen molar-refractivity contribution in [2.45, 2.75) is 18.1 Å². The second-order valence-electron chi connectivity index (χ2n) is 7.28. The summed E-state index contributed by atoms with van der Waals surface area (Å²) in [6, 6.07) is 7.82.